The van der Waals surface area contributed by atoms with E-state index in [1.54, 1.807) is 35.2 Å². The molecule has 0 bridgehead atoms. The van der Waals surface area contributed by atoms with E-state index in [2.05, 4.69) is 15.1 Å². The summed E-state index contributed by atoms with van der Waals surface area (Å²) in [6.07, 6.45) is 5.21. The van der Waals surface area contributed by atoms with Gasteiger partial charge in [0.25, 0.3) is 5.91 Å². The summed E-state index contributed by atoms with van der Waals surface area (Å²) >= 11 is 0. The second-order valence-electron chi connectivity index (χ2n) is 8.11. The number of benzene rings is 1. The summed E-state index contributed by atoms with van der Waals surface area (Å²) in [5, 5.41) is 8.36. The molecule has 1 saturated heterocycles. The Morgan fingerprint density at radius 3 is 2.43 bits per heavy atom. The van der Waals surface area contributed by atoms with Crippen LogP contribution in [0.5, 0.6) is 0 Å². The van der Waals surface area contributed by atoms with Crippen molar-refractivity contribution in [2.24, 2.45) is 5.92 Å². The van der Waals surface area contributed by atoms with E-state index in [9.17, 15) is 14.0 Å². The average Bonchev–Trinajstić information content (AvgIpc) is 3.63. The number of aromatic nitrogens is 2. The van der Waals surface area contributed by atoms with E-state index < -0.39 is 6.67 Å². The number of amides is 1. The molecule has 1 aromatic carbocycles. The summed E-state index contributed by atoms with van der Waals surface area (Å²) in [6, 6.07) is 10.4. The van der Waals surface area contributed by atoms with Gasteiger partial charge < -0.3 is 9.80 Å². The second-order valence-corrected chi connectivity index (χ2v) is 8.11. The number of anilines is 1. The normalized spacial score (nSPS) is 16.6. The summed E-state index contributed by atoms with van der Waals surface area (Å²) in [7, 11) is 0. The molecular formula is C23H27FN4O2. The third-order valence-corrected chi connectivity index (χ3v) is 5.93. The maximum atomic E-state index is 13.2. The SMILES string of the molecule is O=C(CCCC1CC1)c1ccc(N2CCN(C(=O)c3ccccc3CF)CC2)nn1. The highest BCUT2D eigenvalue weighted by Gasteiger charge is 2.25. The molecule has 158 valence electrons. The maximum absolute atomic E-state index is 13.2. The number of nitrogens with zero attached hydrogens (tertiary/aromatic N) is 4. The second kappa shape index (κ2) is 9.32. The third-order valence-electron chi connectivity index (χ3n) is 5.93. The Kier molecular flexibility index (Phi) is 6.35. The Balaban J connectivity index is 1.30. The minimum absolute atomic E-state index is 0.0524. The molecule has 6 nitrogen and oxygen atoms in total. The van der Waals surface area contributed by atoms with Crippen LogP contribution in [0.25, 0.3) is 0 Å². The minimum atomic E-state index is -0.650. The minimum Gasteiger partial charge on any atom is -0.352 e. The zero-order valence-corrected chi connectivity index (χ0v) is 17.1. The molecule has 1 aliphatic heterocycles. The number of ketones is 1. The van der Waals surface area contributed by atoms with Crippen LogP contribution in [0.2, 0.25) is 0 Å². The van der Waals surface area contributed by atoms with Gasteiger partial charge in [-0.1, -0.05) is 37.5 Å². The zero-order chi connectivity index (χ0) is 20.9. The predicted octanol–water partition coefficient (Wildman–Crippen LogP) is 3.67. The van der Waals surface area contributed by atoms with E-state index in [4.69, 9.17) is 0 Å². The molecule has 1 saturated carbocycles. The van der Waals surface area contributed by atoms with Gasteiger partial charge in [0.1, 0.15) is 12.4 Å². The third kappa shape index (κ3) is 4.83. The van der Waals surface area contributed by atoms with Gasteiger partial charge in [-0.15, -0.1) is 10.2 Å². The first-order valence-electron chi connectivity index (χ1n) is 10.7. The molecule has 2 fully saturated rings. The highest BCUT2D eigenvalue weighted by atomic mass is 19.1. The van der Waals surface area contributed by atoms with Crippen molar-refractivity contribution in [3.63, 3.8) is 0 Å². The van der Waals surface area contributed by atoms with Gasteiger partial charge in [-0.2, -0.15) is 0 Å². The molecule has 0 N–H and O–H groups in total. The lowest BCUT2D eigenvalue weighted by Crippen LogP contribution is -2.49. The highest BCUT2D eigenvalue weighted by Crippen LogP contribution is 2.34. The Labute approximate surface area is 176 Å². The topological polar surface area (TPSA) is 66.4 Å². The molecule has 0 atom stereocenters. The van der Waals surface area contributed by atoms with Gasteiger partial charge in [-0.3, -0.25) is 9.59 Å². The first-order chi connectivity index (χ1) is 14.7. The van der Waals surface area contributed by atoms with Gasteiger partial charge in [-0.25, -0.2) is 4.39 Å². The molecule has 0 unspecified atom stereocenters. The number of piperazine rings is 1. The Morgan fingerprint density at radius 2 is 1.77 bits per heavy atom. The van der Waals surface area contributed by atoms with Crippen LogP contribution >= 0.6 is 0 Å². The molecule has 1 aliphatic carbocycles. The first-order valence-corrected chi connectivity index (χ1v) is 10.7. The van der Waals surface area contributed by atoms with Crippen LogP contribution in [0.4, 0.5) is 10.2 Å². The predicted molar refractivity (Wildman–Crippen MR) is 112 cm³/mol. The molecule has 0 radical (unpaired) electrons. The summed E-state index contributed by atoms with van der Waals surface area (Å²) in [4.78, 5) is 28.8. The summed E-state index contributed by atoms with van der Waals surface area (Å²) in [5.74, 6) is 1.46. The Hall–Kier alpha value is -2.83. The average molecular weight is 410 g/mol. The van der Waals surface area contributed by atoms with Gasteiger partial charge in [0.15, 0.2) is 11.6 Å². The van der Waals surface area contributed by atoms with Crippen LogP contribution < -0.4 is 4.90 Å². The van der Waals surface area contributed by atoms with Crippen molar-refractivity contribution in [1.29, 1.82) is 0 Å². The Morgan fingerprint density at radius 1 is 1.00 bits per heavy atom. The standard InChI is InChI=1S/C23H27FN4O2/c24-16-18-5-1-2-6-19(18)23(30)28-14-12-27(13-15-28)22-11-10-20(25-26-22)21(29)7-3-4-17-8-9-17/h1-2,5-6,10-11,17H,3-4,7-9,12-16H2. The number of rotatable bonds is 8. The van der Waals surface area contributed by atoms with Gasteiger partial charge in [-0.05, 0) is 36.1 Å². The van der Waals surface area contributed by atoms with Crippen molar-refractivity contribution >= 4 is 17.5 Å². The summed E-state index contributed by atoms with van der Waals surface area (Å²) < 4.78 is 13.2. The zero-order valence-electron chi connectivity index (χ0n) is 17.1. The molecule has 30 heavy (non-hydrogen) atoms. The number of hydrogen-bond acceptors (Lipinski definition) is 5. The lowest BCUT2D eigenvalue weighted by molar-refractivity contribution is 0.0744. The highest BCUT2D eigenvalue weighted by molar-refractivity contribution is 5.96. The fourth-order valence-electron chi connectivity index (χ4n) is 3.88. The molecule has 7 heteroatoms. The van der Waals surface area contributed by atoms with Crippen molar-refractivity contribution in [2.75, 3.05) is 31.1 Å². The van der Waals surface area contributed by atoms with E-state index in [1.165, 1.54) is 12.8 Å². The molecule has 1 aromatic heterocycles. The van der Waals surface area contributed by atoms with Crippen molar-refractivity contribution < 1.29 is 14.0 Å². The van der Waals surface area contributed by atoms with Crippen LogP contribution in [0.15, 0.2) is 36.4 Å². The molecule has 2 heterocycles. The van der Waals surface area contributed by atoms with E-state index in [-0.39, 0.29) is 11.7 Å². The van der Waals surface area contributed by atoms with E-state index >= 15 is 0 Å². The molecule has 2 aliphatic rings. The maximum Gasteiger partial charge on any atom is 0.254 e. The lowest BCUT2D eigenvalue weighted by Gasteiger charge is -2.35. The van der Waals surface area contributed by atoms with Crippen LogP contribution in [-0.4, -0.2) is 53.0 Å². The number of Topliss-reactive ketones (excluding diaryl/α,β-unsaturated/α-hetero) is 1. The monoisotopic (exact) mass is 410 g/mol. The van der Waals surface area contributed by atoms with Gasteiger partial charge in [0.05, 0.1) is 0 Å². The van der Waals surface area contributed by atoms with Crippen molar-refractivity contribution in [2.45, 2.75) is 38.8 Å². The van der Waals surface area contributed by atoms with Crippen LogP contribution in [-0.2, 0) is 6.67 Å². The largest absolute Gasteiger partial charge is 0.352 e. The van der Waals surface area contributed by atoms with Crippen molar-refractivity contribution in [3.8, 4) is 0 Å². The number of hydrogen-bond donors (Lipinski definition) is 0. The molecule has 0 spiro atoms. The van der Waals surface area contributed by atoms with E-state index in [0.29, 0.717) is 55.2 Å². The van der Waals surface area contributed by atoms with E-state index in [1.807, 2.05) is 6.07 Å². The van der Waals surface area contributed by atoms with Crippen molar-refractivity contribution in [3.05, 3.63) is 53.2 Å². The molecular weight excluding hydrogens is 383 g/mol. The summed E-state index contributed by atoms with van der Waals surface area (Å²) in [5.41, 5.74) is 1.28. The molecule has 2 aromatic rings. The lowest BCUT2D eigenvalue weighted by atomic mass is 10.1. The number of carbonyl (C=O) groups excluding carboxylic acids is 2. The van der Waals surface area contributed by atoms with Gasteiger partial charge in [0, 0.05) is 38.2 Å². The van der Waals surface area contributed by atoms with Crippen molar-refractivity contribution in [1.82, 2.24) is 15.1 Å². The van der Waals surface area contributed by atoms with Gasteiger partial charge in [0.2, 0.25) is 0 Å². The summed E-state index contributed by atoms with van der Waals surface area (Å²) in [6.45, 7) is 1.65. The molecule has 4 rings (SSSR count). The van der Waals surface area contributed by atoms with Crippen LogP contribution in [0.3, 0.4) is 0 Å². The van der Waals surface area contributed by atoms with Crippen LogP contribution in [0, 0.1) is 5.92 Å². The van der Waals surface area contributed by atoms with E-state index in [0.717, 1.165) is 18.8 Å². The Bertz CT molecular complexity index is 890. The fourth-order valence-corrected chi connectivity index (χ4v) is 3.88. The number of alkyl halides is 1. The number of carbonyl (C=O) groups is 2. The number of halogens is 1. The molecule has 1 amide bonds. The fraction of sp³-hybridized carbons (Fsp3) is 0.478. The quantitative estimate of drug-likeness (QED) is 0.621. The smallest absolute Gasteiger partial charge is 0.254 e. The van der Waals surface area contributed by atoms with Gasteiger partial charge >= 0.3 is 0 Å². The first kappa shape index (κ1) is 20.4. The van der Waals surface area contributed by atoms with Crippen LogP contribution in [0.1, 0.15) is 58.5 Å².